The molecule has 278 valence electrons. The maximum atomic E-state index is 13.3. The molecule has 0 radical (unpaired) electrons. The molecule has 0 aliphatic carbocycles. The van der Waals surface area contributed by atoms with Crippen LogP contribution in [0.15, 0.2) is 71.6 Å². The first-order valence-electron chi connectivity index (χ1n) is 18.3. The van der Waals surface area contributed by atoms with Crippen LogP contribution in [0.25, 0.3) is 32.3 Å². The number of benzene rings is 5. The minimum atomic E-state index is -5.86. The summed E-state index contributed by atoms with van der Waals surface area (Å²) in [5, 5.41) is 6.40. The van der Waals surface area contributed by atoms with Crippen molar-refractivity contribution in [2.45, 2.75) is 102 Å². The van der Waals surface area contributed by atoms with Crippen LogP contribution in [0.5, 0.6) is 5.75 Å². The fraction of sp³-hybridized carbons (Fsp3) is 0.364. The number of rotatable bonds is 12. The van der Waals surface area contributed by atoms with E-state index in [0.29, 0.717) is 10.5 Å². The van der Waals surface area contributed by atoms with E-state index in [0.717, 1.165) is 79.6 Å². The lowest BCUT2D eigenvalue weighted by atomic mass is 9.88. The lowest BCUT2D eigenvalue weighted by Gasteiger charge is -2.15. The highest BCUT2D eigenvalue weighted by Crippen LogP contribution is 2.39. The van der Waals surface area contributed by atoms with Crippen molar-refractivity contribution in [2.75, 3.05) is 5.75 Å². The van der Waals surface area contributed by atoms with Crippen molar-refractivity contribution in [1.29, 1.82) is 0 Å². The van der Waals surface area contributed by atoms with Crippen molar-refractivity contribution in [3.8, 4) is 29.1 Å². The van der Waals surface area contributed by atoms with E-state index in [4.69, 9.17) is 0 Å². The van der Waals surface area contributed by atoms with Crippen molar-refractivity contribution in [1.82, 2.24) is 0 Å². The van der Waals surface area contributed by atoms with Gasteiger partial charge in [-0.2, -0.15) is 21.6 Å². The molecule has 0 fully saturated rings. The molecule has 0 aromatic heterocycles. The van der Waals surface area contributed by atoms with Gasteiger partial charge in [0, 0.05) is 21.6 Å². The molecule has 0 spiro atoms. The smallest absolute Gasteiger partial charge is 0.376 e. The highest BCUT2D eigenvalue weighted by atomic mass is 32.2. The Balaban J connectivity index is 1.58. The van der Waals surface area contributed by atoms with Crippen LogP contribution in [0.3, 0.4) is 0 Å². The minimum absolute atomic E-state index is 0.357. The lowest BCUT2D eigenvalue weighted by molar-refractivity contribution is -0.0500. The maximum Gasteiger partial charge on any atom is 0.534 e. The van der Waals surface area contributed by atoms with Gasteiger partial charge in [0.25, 0.3) is 0 Å². The van der Waals surface area contributed by atoms with Crippen molar-refractivity contribution in [2.24, 2.45) is 0 Å². The molecule has 0 N–H and O–H groups in total. The largest absolute Gasteiger partial charge is 0.534 e. The van der Waals surface area contributed by atoms with Crippen molar-refractivity contribution < 1.29 is 25.8 Å². The van der Waals surface area contributed by atoms with Crippen LogP contribution in [0, 0.1) is 37.2 Å². The molecule has 0 unspecified atom stereocenters. The van der Waals surface area contributed by atoms with Gasteiger partial charge in [0.15, 0.2) is 0 Å². The van der Waals surface area contributed by atoms with Crippen LogP contribution in [-0.4, -0.2) is 27.8 Å². The molecule has 5 aromatic rings. The van der Waals surface area contributed by atoms with Gasteiger partial charge in [-0.05, 0) is 99.8 Å². The number of alkyl halides is 3. The molecule has 5 aromatic carbocycles. The van der Waals surface area contributed by atoms with Crippen LogP contribution < -0.4 is 4.18 Å². The molecule has 0 amide bonds. The zero-order chi connectivity index (χ0) is 38.4. The van der Waals surface area contributed by atoms with Crippen LogP contribution in [0.2, 0.25) is 19.6 Å². The number of thioether (sulfide) groups is 1. The Morgan fingerprint density at radius 1 is 0.717 bits per heavy atom. The summed E-state index contributed by atoms with van der Waals surface area (Å²) in [6, 6.07) is 21.0. The fourth-order valence-electron chi connectivity index (χ4n) is 6.49. The predicted octanol–water partition coefficient (Wildman–Crippen LogP) is 12.9. The molecular weight excluding hydrogens is 726 g/mol. The van der Waals surface area contributed by atoms with E-state index in [-0.39, 0.29) is 0 Å². The van der Waals surface area contributed by atoms with E-state index in [9.17, 15) is 21.6 Å². The topological polar surface area (TPSA) is 43.4 Å². The number of halogens is 3. The first-order valence-corrected chi connectivity index (χ1v) is 24.2. The van der Waals surface area contributed by atoms with Crippen LogP contribution in [0.1, 0.15) is 86.1 Å². The van der Waals surface area contributed by atoms with Gasteiger partial charge in [-0.3, -0.25) is 0 Å². The molecular formula is C44H47F3O3S2Si. The third-order valence-electron chi connectivity index (χ3n) is 9.06. The van der Waals surface area contributed by atoms with Gasteiger partial charge in [0.1, 0.15) is 13.8 Å². The molecule has 0 aliphatic rings. The summed E-state index contributed by atoms with van der Waals surface area (Å²) in [5.41, 5.74) is 2.27. The van der Waals surface area contributed by atoms with E-state index in [1.807, 2.05) is 12.1 Å². The number of hydrogen-bond acceptors (Lipinski definition) is 4. The van der Waals surface area contributed by atoms with Crippen molar-refractivity contribution in [3.05, 3.63) is 94.5 Å². The number of unbranched alkanes of at least 4 members (excludes halogenated alkanes) is 7. The second kappa shape index (κ2) is 17.1. The molecule has 5 rings (SSSR count). The van der Waals surface area contributed by atoms with Gasteiger partial charge >= 0.3 is 15.6 Å². The molecule has 3 nitrogen and oxygen atoms in total. The maximum absolute atomic E-state index is 13.3. The number of hydrogen-bond donors (Lipinski definition) is 0. The van der Waals surface area contributed by atoms with Gasteiger partial charge in [0.2, 0.25) is 0 Å². The third-order valence-corrected chi connectivity index (χ3v) is 12.0. The van der Waals surface area contributed by atoms with E-state index >= 15 is 0 Å². The highest BCUT2D eigenvalue weighted by Gasteiger charge is 2.48. The SMILES string of the molecule is CCCCCCCCCCSc1cc(C#Cc2cc3cc(C#C[Si](C)(C)C)c4cccc(C)c4c3c3c(C)cccc23)cc(OS(=O)(=O)C(F)(F)F)c1. The van der Waals surface area contributed by atoms with Gasteiger partial charge in [-0.15, -0.1) is 17.3 Å². The molecule has 53 heavy (non-hydrogen) atoms. The third kappa shape index (κ3) is 10.2. The normalized spacial score (nSPS) is 12.1. The molecule has 0 heterocycles. The van der Waals surface area contributed by atoms with Crippen molar-refractivity contribution in [3.63, 3.8) is 0 Å². The van der Waals surface area contributed by atoms with Gasteiger partial charge in [-0.25, -0.2) is 0 Å². The minimum Gasteiger partial charge on any atom is -0.376 e. The molecule has 0 bridgehead atoms. The molecule has 0 saturated carbocycles. The van der Waals surface area contributed by atoms with Crippen LogP contribution in [-0.2, 0) is 10.1 Å². The fourth-order valence-corrected chi connectivity index (χ4v) is 8.44. The summed E-state index contributed by atoms with van der Waals surface area (Å²) < 4.78 is 68.6. The standard InChI is InChI=1S/C44H47F3O3S2Si/c1-7-8-9-10-11-12-13-14-24-51-38-27-33(26-37(30-38)50-52(48,49)44(45,46)47)21-22-34-28-36-29-35(23-25-53(4,5)6)40-20-16-18-32(3)42(40)43(36)41-31(2)17-15-19-39(34)41/h15-20,26-30H,7-14,24H2,1-6H3. The zero-order valence-electron chi connectivity index (χ0n) is 31.4. The Kier molecular flexibility index (Phi) is 13.0. The van der Waals surface area contributed by atoms with Gasteiger partial charge in [0.05, 0.1) is 0 Å². The van der Waals surface area contributed by atoms with E-state index in [1.54, 1.807) is 6.07 Å². The average Bonchev–Trinajstić information content (AvgIpc) is 3.08. The Labute approximate surface area is 318 Å². The second-order valence-corrected chi connectivity index (χ2v) is 22.1. The molecule has 0 saturated heterocycles. The van der Waals surface area contributed by atoms with Crippen LogP contribution >= 0.6 is 11.8 Å². The molecule has 0 aliphatic heterocycles. The quantitative estimate of drug-likeness (QED) is 0.0241. The molecule has 9 heteroatoms. The Hall–Kier alpha value is -3.89. The van der Waals surface area contributed by atoms with Crippen LogP contribution in [0.4, 0.5) is 13.2 Å². The Morgan fingerprint density at radius 2 is 1.28 bits per heavy atom. The zero-order valence-corrected chi connectivity index (χ0v) is 34.0. The van der Waals surface area contributed by atoms with E-state index in [1.165, 1.54) is 56.0 Å². The summed E-state index contributed by atoms with van der Waals surface area (Å²) in [6.45, 7) is 13.1. The number of fused-ring (bicyclic) bond motifs is 5. The monoisotopic (exact) mass is 772 g/mol. The van der Waals surface area contributed by atoms with Crippen molar-refractivity contribution >= 4 is 62.3 Å². The first-order chi connectivity index (χ1) is 25.1. The predicted molar refractivity (Wildman–Crippen MR) is 220 cm³/mol. The molecule has 0 atom stereocenters. The highest BCUT2D eigenvalue weighted by molar-refractivity contribution is 7.99. The van der Waals surface area contributed by atoms with Gasteiger partial charge < -0.3 is 4.18 Å². The number of aryl methyl sites for hydroxylation is 2. The summed E-state index contributed by atoms with van der Waals surface area (Å²) in [5.74, 6) is 10.3. The second-order valence-electron chi connectivity index (χ2n) is 14.7. The van der Waals surface area contributed by atoms with E-state index < -0.39 is 29.4 Å². The Bertz CT molecular complexity index is 2370. The Morgan fingerprint density at radius 3 is 1.85 bits per heavy atom. The lowest BCUT2D eigenvalue weighted by Crippen LogP contribution is -2.28. The summed E-state index contributed by atoms with van der Waals surface area (Å²) in [4.78, 5) is 0.596. The average molecular weight is 773 g/mol. The summed E-state index contributed by atoms with van der Waals surface area (Å²) in [7, 11) is -7.53. The van der Waals surface area contributed by atoms with E-state index in [2.05, 4.69) is 104 Å². The first kappa shape index (κ1) is 40.3. The van der Waals surface area contributed by atoms with Gasteiger partial charge in [-0.1, -0.05) is 126 Å². The summed E-state index contributed by atoms with van der Waals surface area (Å²) >= 11 is 1.46. The summed E-state index contributed by atoms with van der Waals surface area (Å²) in [6.07, 6.45) is 9.26.